The van der Waals surface area contributed by atoms with Crippen molar-refractivity contribution >= 4 is 17.7 Å². The average Bonchev–Trinajstić information content (AvgIpc) is 2.83. The van der Waals surface area contributed by atoms with Gasteiger partial charge in [0.2, 0.25) is 5.91 Å². The quantitative estimate of drug-likeness (QED) is 0.899. The highest BCUT2D eigenvalue weighted by atomic mass is 32.2. The average molecular weight is 278 g/mol. The summed E-state index contributed by atoms with van der Waals surface area (Å²) in [6, 6.07) is 8.60. The molecule has 1 N–H and O–H groups in total. The molecule has 0 bridgehead atoms. The Morgan fingerprint density at radius 2 is 2.11 bits per heavy atom. The van der Waals surface area contributed by atoms with Crippen LogP contribution in [0, 0.1) is 0 Å². The summed E-state index contributed by atoms with van der Waals surface area (Å²) >= 11 is 1.86. The van der Waals surface area contributed by atoms with E-state index < -0.39 is 0 Å². The molecular weight excluding hydrogens is 256 g/mol. The molecule has 1 aromatic rings. The zero-order chi connectivity index (χ0) is 13.8. The molecule has 1 aromatic carbocycles. The number of carbonyl (C=O) groups is 1. The number of hydrogen-bond donors (Lipinski definition) is 1. The number of carbonyl (C=O) groups excluding carboxylic acids is 1. The molecule has 3 nitrogen and oxygen atoms in total. The first-order valence-corrected chi connectivity index (χ1v) is 7.92. The Bertz CT molecular complexity index is 446. The maximum absolute atomic E-state index is 12.3. The second-order valence-electron chi connectivity index (χ2n) is 4.80. The molecule has 1 heterocycles. The Balaban J connectivity index is 2.01. The largest absolute Gasteiger partial charge is 0.342 e. The molecule has 19 heavy (non-hydrogen) atoms. The van der Waals surface area contributed by atoms with Crippen LogP contribution < -0.4 is 5.32 Å². The van der Waals surface area contributed by atoms with Crippen LogP contribution in [0.2, 0.25) is 0 Å². The molecule has 0 aliphatic carbocycles. The first-order valence-electron chi connectivity index (χ1n) is 6.93. The molecule has 0 saturated carbocycles. The lowest BCUT2D eigenvalue weighted by Gasteiger charge is -2.25. The van der Waals surface area contributed by atoms with Crippen LogP contribution in [0.4, 0.5) is 0 Å². The van der Waals surface area contributed by atoms with Crippen LogP contribution in [0.15, 0.2) is 29.2 Å². The zero-order valence-electron chi connectivity index (χ0n) is 11.8. The molecule has 1 amide bonds. The lowest BCUT2D eigenvalue weighted by Crippen LogP contribution is -2.46. The fraction of sp³-hybridized carbons (Fsp3) is 0.533. The Morgan fingerprint density at radius 3 is 2.79 bits per heavy atom. The van der Waals surface area contributed by atoms with E-state index in [0.29, 0.717) is 0 Å². The van der Waals surface area contributed by atoms with Gasteiger partial charge in [-0.3, -0.25) is 10.1 Å². The fourth-order valence-corrected chi connectivity index (χ4v) is 3.66. The van der Waals surface area contributed by atoms with E-state index in [1.54, 1.807) is 0 Å². The lowest BCUT2D eigenvalue weighted by molar-refractivity contribution is -0.132. The first kappa shape index (κ1) is 14.4. The number of fused-ring (bicyclic) bond motifs is 1. The van der Waals surface area contributed by atoms with Crippen molar-refractivity contribution in [3.8, 4) is 0 Å². The minimum absolute atomic E-state index is 0.128. The molecule has 0 fully saturated rings. The minimum Gasteiger partial charge on any atom is -0.342 e. The van der Waals surface area contributed by atoms with E-state index >= 15 is 0 Å². The van der Waals surface area contributed by atoms with E-state index in [-0.39, 0.29) is 18.0 Å². The van der Waals surface area contributed by atoms with Gasteiger partial charge in [-0.25, -0.2) is 0 Å². The van der Waals surface area contributed by atoms with Gasteiger partial charge in [-0.15, -0.1) is 11.8 Å². The summed E-state index contributed by atoms with van der Waals surface area (Å²) in [6.45, 7) is 7.56. The number of nitrogens with one attached hydrogen (secondary N) is 1. The predicted octanol–water partition coefficient (Wildman–Crippen LogP) is 2.68. The highest BCUT2D eigenvalue weighted by Gasteiger charge is 2.27. The molecule has 0 saturated heterocycles. The minimum atomic E-state index is -0.128. The van der Waals surface area contributed by atoms with Crippen LogP contribution in [0.3, 0.4) is 0 Å². The molecule has 0 aromatic heterocycles. The number of nitrogens with zero attached hydrogens (tertiary/aromatic N) is 1. The van der Waals surface area contributed by atoms with Gasteiger partial charge in [0, 0.05) is 29.8 Å². The van der Waals surface area contributed by atoms with Crippen LogP contribution in [0.1, 0.15) is 32.4 Å². The summed E-state index contributed by atoms with van der Waals surface area (Å²) in [7, 11) is 0. The van der Waals surface area contributed by atoms with Crippen LogP contribution in [-0.2, 0) is 4.79 Å². The molecule has 2 atom stereocenters. The van der Waals surface area contributed by atoms with E-state index in [1.165, 1.54) is 10.5 Å². The monoisotopic (exact) mass is 278 g/mol. The number of rotatable bonds is 5. The molecule has 4 heteroatoms. The summed E-state index contributed by atoms with van der Waals surface area (Å²) in [5.74, 6) is 1.20. The van der Waals surface area contributed by atoms with Gasteiger partial charge in [0.15, 0.2) is 0 Å². The van der Waals surface area contributed by atoms with Crippen molar-refractivity contribution in [2.24, 2.45) is 0 Å². The van der Waals surface area contributed by atoms with Gasteiger partial charge in [0.25, 0.3) is 0 Å². The van der Waals surface area contributed by atoms with Gasteiger partial charge < -0.3 is 4.90 Å². The SMILES string of the molecule is CCN(CC)C(=O)C(C)NC1CSc2ccccc21. The van der Waals surface area contributed by atoms with Crippen molar-refractivity contribution in [3.63, 3.8) is 0 Å². The lowest BCUT2D eigenvalue weighted by atomic mass is 10.1. The third-order valence-corrected chi connectivity index (χ3v) is 4.78. The van der Waals surface area contributed by atoms with Crippen LogP contribution in [-0.4, -0.2) is 35.7 Å². The predicted molar refractivity (Wildman–Crippen MR) is 80.4 cm³/mol. The van der Waals surface area contributed by atoms with E-state index in [2.05, 4.69) is 29.6 Å². The zero-order valence-corrected chi connectivity index (χ0v) is 12.7. The van der Waals surface area contributed by atoms with E-state index in [4.69, 9.17) is 0 Å². The second kappa shape index (κ2) is 6.44. The van der Waals surface area contributed by atoms with Crippen molar-refractivity contribution in [2.75, 3.05) is 18.8 Å². The summed E-state index contributed by atoms with van der Waals surface area (Å²) in [5.41, 5.74) is 1.33. The number of hydrogen-bond acceptors (Lipinski definition) is 3. The molecule has 1 aliphatic heterocycles. The topological polar surface area (TPSA) is 32.3 Å². The standard InChI is InChI=1S/C15H22N2OS/c1-4-17(5-2)15(18)11(3)16-13-10-19-14-9-7-6-8-12(13)14/h6-9,11,13,16H,4-5,10H2,1-3H3. The third kappa shape index (κ3) is 3.12. The maximum atomic E-state index is 12.3. The highest BCUT2D eigenvalue weighted by Crippen LogP contribution is 2.37. The van der Waals surface area contributed by atoms with E-state index in [1.807, 2.05) is 37.4 Å². The van der Waals surface area contributed by atoms with Crippen molar-refractivity contribution < 1.29 is 4.79 Å². The summed E-state index contributed by atoms with van der Waals surface area (Å²) < 4.78 is 0. The maximum Gasteiger partial charge on any atom is 0.239 e. The Hall–Kier alpha value is -1.00. The smallest absolute Gasteiger partial charge is 0.239 e. The first-order chi connectivity index (χ1) is 9.17. The van der Waals surface area contributed by atoms with Crippen molar-refractivity contribution in [1.29, 1.82) is 0 Å². The molecule has 2 unspecified atom stereocenters. The number of benzene rings is 1. The molecule has 2 rings (SSSR count). The number of likely N-dealkylation sites (N-methyl/N-ethyl adjacent to an activating group) is 1. The number of thioether (sulfide) groups is 1. The van der Waals surface area contributed by atoms with Crippen LogP contribution >= 0.6 is 11.8 Å². The molecule has 0 spiro atoms. The van der Waals surface area contributed by atoms with Gasteiger partial charge >= 0.3 is 0 Å². The summed E-state index contributed by atoms with van der Waals surface area (Å²) in [6.07, 6.45) is 0. The van der Waals surface area contributed by atoms with Gasteiger partial charge in [-0.05, 0) is 32.4 Å². The third-order valence-electron chi connectivity index (χ3n) is 3.60. The van der Waals surface area contributed by atoms with Gasteiger partial charge in [-0.1, -0.05) is 18.2 Å². The van der Waals surface area contributed by atoms with E-state index in [9.17, 15) is 4.79 Å². The molecule has 0 radical (unpaired) electrons. The molecular formula is C15H22N2OS. The Kier molecular flexibility index (Phi) is 4.88. The second-order valence-corrected chi connectivity index (χ2v) is 5.86. The summed E-state index contributed by atoms with van der Waals surface area (Å²) in [5, 5.41) is 3.47. The summed E-state index contributed by atoms with van der Waals surface area (Å²) in [4.78, 5) is 15.5. The van der Waals surface area contributed by atoms with Gasteiger partial charge in [0.05, 0.1) is 6.04 Å². The van der Waals surface area contributed by atoms with Gasteiger partial charge in [-0.2, -0.15) is 0 Å². The van der Waals surface area contributed by atoms with Crippen molar-refractivity contribution in [2.45, 2.75) is 37.8 Å². The van der Waals surface area contributed by atoms with Crippen LogP contribution in [0.5, 0.6) is 0 Å². The van der Waals surface area contributed by atoms with Crippen molar-refractivity contribution in [1.82, 2.24) is 10.2 Å². The highest BCUT2D eigenvalue weighted by molar-refractivity contribution is 7.99. The number of amides is 1. The Labute approximate surface area is 119 Å². The van der Waals surface area contributed by atoms with Crippen molar-refractivity contribution in [3.05, 3.63) is 29.8 Å². The normalized spacial score (nSPS) is 19.0. The Morgan fingerprint density at radius 1 is 1.42 bits per heavy atom. The van der Waals surface area contributed by atoms with E-state index in [0.717, 1.165) is 18.8 Å². The van der Waals surface area contributed by atoms with Gasteiger partial charge in [0.1, 0.15) is 0 Å². The fourth-order valence-electron chi connectivity index (χ4n) is 2.48. The molecule has 104 valence electrons. The molecule has 1 aliphatic rings. The van der Waals surface area contributed by atoms with Crippen LogP contribution in [0.25, 0.3) is 0 Å².